The highest BCUT2D eigenvalue weighted by atomic mass is 19.1. The molecule has 0 saturated heterocycles. The topological polar surface area (TPSA) is 55.1 Å². The smallest absolute Gasteiger partial charge is 0.186 e. The Morgan fingerprint density at radius 3 is 2.52 bits per heavy atom. The fourth-order valence-corrected chi connectivity index (χ4v) is 3.33. The Labute approximate surface area is 164 Å². The minimum atomic E-state index is -0.603. The van der Waals surface area contributed by atoms with Gasteiger partial charge in [0.05, 0.1) is 5.52 Å². The van der Waals surface area contributed by atoms with Gasteiger partial charge in [0.2, 0.25) is 0 Å². The van der Waals surface area contributed by atoms with E-state index in [4.69, 9.17) is 4.98 Å². The number of nitrogens with zero attached hydrogens (tertiary/aromatic N) is 4. The minimum absolute atomic E-state index is 0.168. The van der Waals surface area contributed by atoms with Gasteiger partial charge in [-0.2, -0.15) is 4.52 Å². The van der Waals surface area contributed by atoms with Crippen molar-refractivity contribution in [3.05, 3.63) is 90.0 Å². The molecule has 3 aromatic carbocycles. The maximum atomic E-state index is 14.0. The Balaban J connectivity index is 1.63. The monoisotopic (exact) mass is 387 g/mol. The van der Waals surface area contributed by atoms with Crippen molar-refractivity contribution in [3.63, 3.8) is 0 Å². The second-order valence-corrected chi connectivity index (χ2v) is 6.61. The molecule has 142 valence electrons. The third kappa shape index (κ3) is 3.06. The van der Waals surface area contributed by atoms with Crippen LogP contribution < -0.4 is 5.32 Å². The van der Waals surface area contributed by atoms with Gasteiger partial charge in [-0.25, -0.2) is 13.8 Å². The second kappa shape index (κ2) is 6.94. The molecule has 7 heteroatoms. The SMILES string of the molecule is Fc1ccc(CNc2nc3c(-c4ccccc4)nnn3c3ccccc23)c(F)c1. The fourth-order valence-electron chi connectivity index (χ4n) is 3.33. The molecule has 0 saturated carbocycles. The lowest BCUT2D eigenvalue weighted by Gasteiger charge is -2.11. The predicted octanol–water partition coefficient (Wildman–Crippen LogP) is 4.83. The zero-order valence-electron chi connectivity index (χ0n) is 15.2. The van der Waals surface area contributed by atoms with Crippen LogP contribution in [0.5, 0.6) is 0 Å². The predicted molar refractivity (Wildman–Crippen MR) is 107 cm³/mol. The summed E-state index contributed by atoms with van der Waals surface area (Å²) in [6.45, 7) is 0.168. The van der Waals surface area contributed by atoms with E-state index in [0.717, 1.165) is 22.5 Å². The summed E-state index contributed by atoms with van der Waals surface area (Å²) in [6, 6.07) is 20.9. The number of aromatic nitrogens is 4. The third-order valence-electron chi connectivity index (χ3n) is 4.76. The lowest BCUT2D eigenvalue weighted by Crippen LogP contribution is -2.06. The van der Waals surface area contributed by atoms with Crippen molar-refractivity contribution in [2.75, 3.05) is 5.32 Å². The zero-order valence-corrected chi connectivity index (χ0v) is 15.2. The summed E-state index contributed by atoms with van der Waals surface area (Å²) in [7, 11) is 0. The molecule has 2 heterocycles. The van der Waals surface area contributed by atoms with Gasteiger partial charge in [0.1, 0.15) is 23.1 Å². The van der Waals surface area contributed by atoms with Crippen LogP contribution in [0.15, 0.2) is 72.8 Å². The largest absolute Gasteiger partial charge is 0.365 e. The van der Waals surface area contributed by atoms with Gasteiger partial charge in [0.15, 0.2) is 5.65 Å². The van der Waals surface area contributed by atoms with Crippen LogP contribution in [0, 0.1) is 11.6 Å². The molecular weight excluding hydrogens is 372 g/mol. The number of rotatable bonds is 4. The summed E-state index contributed by atoms with van der Waals surface area (Å²) in [5.74, 6) is -0.621. The van der Waals surface area contributed by atoms with Crippen molar-refractivity contribution in [2.24, 2.45) is 0 Å². The zero-order chi connectivity index (χ0) is 19.8. The van der Waals surface area contributed by atoms with Crippen LogP contribution in [0.1, 0.15) is 5.56 Å². The van der Waals surface area contributed by atoms with Crippen LogP contribution in [0.4, 0.5) is 14.6 Å². The average molecular weight is 387 g/mol. The molecule has 0 bridgehead atoms. The molecule has 0 fully saturated rings. The highest BCUT2D eigenvalue weighted by Crippen LogP contribution is 2.28. The number of fused-ring (bicyclic) bond motifs is 3. The average Bonchev–Trinajstić information content (AvgIpc) is 3.18. The second-order valence-electron chi connectivity index (χ2n) is 6.61. The first-order valence-electron chi connectivity index (χ1n) is 9.08. The number of hydrogen-bond donors (Lipinski definition) is 1. The number of hydrogen-bond acceptors (Lipinski definition) is 4. The Kier molecular flexibility index (Phi) is 4.13. The van der Waals surface area contributed by atoms with Gasteiger partial charge < -0.3 is 5.32 Å². The summed E-state index contributed by atoms with van der Waals surface area (Å²) < 4.78 is 28.9. The molecule has 0 atom stereocenters. The normalized spacial score (nSPS) is 11.2. The summed E-state index contributed by atoms with van der Waals surface area (Å²) in [6.07, 6.45) is 0. The van der Waals surface area contributed by atoms with Gasteiger partial charge in [-0.15, -0.1) is 5.10 Å². The first-order chi connectivity index (χ1) is 14.2. The van der Waals surface area contributed by atoms with Crippen molar-refractivity contribution in [1.82, 2.24) is 19.8 Å². The maximum absolute atomic E-state index is 14.0. The van der Waals surface area contributed by atoms with Crippen molar-refractivity contribution >= 4 is 22.4 Å². The standard InChI is InChI=1S/C22H15F2N5/c23-16-11-10-15(18(24)12-16)13-25-21-17-8-4-5-9-19(17)29-22(26-21)20(27-28-29)14-6-2-1-3-7-14/h1-12H,13H2,(H,25,26). The van der Waals surface area contributed by atoms with E-state index in [1.165, 1.54) is 12.1 Å². The number of para-hydroxylation sites is 1. The van der Waals surface area contributed by atoms with Gasteiger partial charge in [-0.1, -0.05) is 53.7 Å². The number of anilines is 1. The van der Waals surface area contributed by atoms with Crippen LogP contribution in [0.25, 0.3) is 27.8 Å². The van der Waals surface area contributed by atoms with Gasteiger partial charge in [0.25, 0.3) is 0 Å². The summed E-state index contributed by atoms with van der Waals surface area (Å²) >= 11 is 0. The lowest BCUT2D eigenvalue weighted by atomic mass is 10.1. The molecular formula is C22H15F2N5. The van der Waals surface area contributed by atoms with E-state index in [-0.39, 0.29) is 6.54 Å². The van der Waals surface area contributed by atoms with E-state index < -0.39 is 11.6 Å². The maximum Gasteiger partial charge on any atom is 0.186 e. The van der Waals surface area contributed by atoms with Gasteiger partial charge >= 0.3 is 0 Å². The van der Waals surface area contributed by atoms with Gasteiger partial charge in [-0.3, -0.25) is 0 Å². The minimum Gasteiger partial charge on any atom is -0.365 e. The Hall–Kier alpha value is -3.87. The van der Waals surface area contributed by atoms with Crippen molar-refractivity contribution in [1.29, 1.82) is 0 Å². The van der Waals surface area contributed by atoms with Crippen molar-refractivity contribution in [3.8, 4) is 11.3 Å². The molecule has 5 aromatic rings. The number of nitrogens with one attached hydrogen (secondary N) is 1. The summed E-state index contributed by atoms with van der Waals surface area (Å²) in [5, 5.41) is 12.6. The molecule has 0 radical (unpaired) electrons. The van der Waals surface area contributed by atoms with Crippen LogP contribution in [-0.4, -0.2) is 19.8 Å². The molecule has 0 aliphatic carbocycles. The van der Waals surface area contributed by atoms with Crippen LogP contribution in [0.3, 0.4) is 0 Å². The molecule has 0 aliphatic rings. The van der Waals surface area contributed by atoms with E-state index >= 15 is 0 Å². The van der Waals surface area contributed by atoms with E-state index in [1.54, 1.807) is 4.52 Å². The van der Waals surface area contributed by atoms with Crippen molar-refractivity contribution in [2.45, 2.75) is 6.54 Å². The molecule has 0 amide bonds. The van der Waals surface area contributed by atoms with E-state index in [0.29, 0.717) is 22.7 Å². The number of benzene rings is 3. The van der Waals surface area contributed by atoms with Crippen molar-refractivity contribution < 1.29 is 8.78 Å². The molecule has 29 heavy (non-hydrogen) atoms. The third-order valence-corrected chi connectivity index (χ3v) is 4.76. The molecule has 1 N–H and O–H groups in total. The van der Waals surface area contributed by atoms with Crippen LogP contribution >= 0.6 is 0 Å². The first-order valence-corrected chi connectivity index (χ1v) is 9.08. The van der Waals surface area contributed by atoms with E-state index in [9.17, 15) is 8.78 Å². The molecule has 0 unspecified atom stereocenters. The van der Waals surface area contributed by atoms with E-state index in [1.807, 2.05) is 54.6 Å². The summed E-state index contributed by atoms with van der Waals surface area (Å²) in [5.41, 5.74) is 3.34. The Bertz CT molecular complexity index is 1330. The Morgan fingerprint density at radius 2 is 1.69 bits per heavy atom. The fraction of sp³-hybridized carbons (Fsp3) is 0.0455. The van der Waals surface area contributed by atoms with Gasteiger partial charge in [-0.05, 0) is 18.2 Å². The van der Waals surface area contributed by atoms with Crippen LogP contribution in [0.2, 0.25) is 0 Å². The Morgan fingerprint density at radius 1 is 0.897 bits per heavy atom. The van der Waals surface area contributed by atoms with Crippen LogP contribution in [-0.2, 0) is 6.54 Å². The molecule has 5 rings (SSSR count). The molecule has 0 aliphatic heterocycles. The number of halogens is 2. The first kappa shape index (κ1) is 17.2. The quantitative estimate of drug-likeness (QED) is 0.480. The van der Waals surface area contributed by atoms with Gasteiger partial charge in [0, 0.05) is 29.1 Å². The highest BCUT2D eigenvalue weighted by molar-refractivity contribution is 5.93. The molecule has 0 spiro atoms. The van der Waals surface area contributed by atoms with E-state index in [2.05, 4.69) is 15.6 Å². The molecule has 5 nitrogen and oxygen atoms in total. The lowest BCUT2D eigenvalue weighted by molar-refractivity contribution is 0.574. The highest BCUT2D eigenvalue weighted by Gasteiger charge is 2.15. The summed E-state index contributed by atoms with van der Waals surface area (Å²) in [4.78, 5) is 4.73. The molecule has 2 aromatic heterocycles.